The number of halogens is 2. The van der Waals surface area contributed by atoms with Crippen LogP contribution in [0.5, 0.6) is 5.75 Å². The largest absolute Gasteiger partial charge is 0.482 e. The van der Waals surface area contributed by atoms with E-state index in [0.717, 1.165) is 19.3 Å². The van der Waals surface area contributed by atoms with Crippen LogP contribution in [0.3, 0.4) is 0 Å². The maximum atomic E-state index is 12.1. The molecule has 0 aliphatic rings. The minimum atomic E-state index is -0.340. The highest BCUT2D eigenvalue weighted by atomic mass is 35.5. The Kier molecular flexibility index (Phi) is 8.43. The Morgan fingerprint density at radius 2 is 1.67 bits per heavy atom. The van der Waals surface area contributed by atoms with Gasteiger partial charge in [-0.05, 0) is 42.8 Å². The molecule has 7 heteroatoms. The van der Waals surface area contributed by atoms with E-state index in [4.69, 9.17) is 27.9 Å². The maximum absolute atomic E-state index is 12.1. The summed E-state index contributed by atoms with van der Waals surface area (Å²) in [5, 5.41) is 6.39. The molecule has 2 aromatic carbocycles. The lowest BCUT2D eigenvalue weighted by atomic mass is 10.2. The number of nitrogens with one attached hydrogen (secondary N) is 2. The van der Waals surface area contributed by atoms with Crippen LogP contribution in [0.25, 0.3) is 0 Å². The lowest BCUT2D eigenvalue weighted by molar-refractivity contribution is -0.118. The van der Waals surface area contributed by atoms with Crippen LogP contribution in [0.1, 0.15) is 32.6 Å². The third-order valence-electron chi connectivity index (χ3n) is 3.69. The summed E-state index contributed by atoms with van der Waals surface area (Å²) < 4.78 is 5.40. The molecule has 0 fully saturated rings. The summed E-state index contributed by atoms with van der Waals surface area (Å²) in [6.07, 6.45) is 3.45. The van der Waals surface area contributed by atoms with Crippen molar-refractivity contribution in [3.8, 4) is 5.75 Å². The Hall–Kier alpha value is -2.24. The van der Waals surface area contributed by atoms with Gasteiger partial charge in [0.15, 0.2) is 6.61 Å². The number of hydrogen-bond acceptors (Lipinski definition) is 3. The fourth-order valence-electron chi connectivity index (χ4n) is 2.37. The van der Waals surface area contributed by atoms with Gasteiger partial charge < -0.3 is 15.4 Å². The first kappa shape index (κ1) is 21.1. The Balaban J connectivity index is 1.85. The van der Waals surface area contributed by atoms with Crippen molar-refractivity contribution in [2.24, 2.45) is 0 Å². The molecule has 2 aromatic rings. The molecule has 2 amide bonds. The van der Waals surface area contributed by atoms with Crippen LogP contribution in [0, 0.1) is 0 Å². The van der Waals surface area contributed by atoms with E-state index in [1.165, 1.54) is 0 Å². The van der Waals surface area contributed by atoms with Gasteiger partial charge in [-0.15, -0.1) is 0 Å². The molecule has 0 saturated carbocycles. The molecule has 5 nitrogen and oxygen atoms in total. The number of unbranched alkanes of at least 4 members (excludes halogenated alkanes) is 2. The highest BCUT2D eigenvalue weighted by Crippen LogP contribution is 2.27. The molecule has 0 saturated heterocycles. The van der Waals surface area contributed by atoms with Gasteiger partial charge in [0.25, 0.3) is 5.91 Å². The summed E-state index contributed by atoms with van der Waals surface area (Å²) in [7, 11) is 0. The number of hydrogen-bond donors (Lipinski definition) is 2. The molecule has 0 spiro atoms. The Morgan fingerprint density at radius 3 is 2.33 bits per heavy atom. The van der Waals surface area contributed by atoms with Gasteiger partial charge in [-0.1, -0.05) is 49.0 Å². The lowest BCUT2D eigenvalue weighted by Crippen LogP contribution is -2.20. The van der Waals surface area contributed by atoms with E-state index in [0.29, 0.717) is 33.6 Å². The second-order valence-corrected chi connectivity index (χ2v) is 6.84. The zero-order valence-corrected chi connectivity index (χ0v) is 16.6. The number of ether oxygens (including phenoxy) is 1. The average Bonchev–Trinajstić information content (AvgIpc) is 2.61. The van der Waals surface area contributed by atoms with E-state index >= 15 is 0 Å². The molecule has 0 bridgehead atoms. The van der Waals surface area contributed by atoms with E-state index in [-0.39, 0.29) is 18.4 Å². The van der Waals surface area contributed by atoms with E-state index in [9.17, 15) is 9.59 Å². The first-order valence-electron chi connectivity index (χ1n) is 8.75. The smallest absolute Gasteiger partial charge is 0.262 e. The Morgan fingerprint density at radius 1 is 0.963 bits per heavy atom. The van der Waals surface area contributed by atoms with E-state index in [1.807, 2.05) is 0 Å². The predicted octanol–water partition coefficient (Wildman–Crippen LogP) is 5.53. The minimum absolute atomic E-state index is 0.0346. The molecule has 144 valence electrons. The fraction of sp³-hybridized carbons (Fsp3) is 0.300. The standard InChI is InChI=1S/C20H22Cl2N2O3/c1-2-3-4-8-19(25)23-15-6-5-7-16(12-15)24-20(26)13-27-18-10-9-14(21)11-17(18)22/h5-7,9-12H,2-4,8,13H2,1H3,(H,23,25)(H,24,26). The van der Waals surface area contributed by atoms with E-state index < -0.39 is 0 Å². The number of carbonyl (C=O) groups is 2. The Bertz CT molecular complexity index is 797. The van der Waals surface area contributed by atoms with Crippen molar-refractivity contribution < 1.29 is 14.3 Å². The van der Waals surface area contributed by atoms with Crippen molar-refractivity contribution in [3.63, 3.8) is 0 Å². The highest BCUT2D eigenvalue weighted by Gasteiger charge is 2.08. The summed E-state index contributed by atoms with van der Waals surface area (Å²) in [5.74, 6) is 0.00406. The third kappa shape index (κ3) is 7.49. The van der Waals surface area contributed by atoms with Crippen molar-refractivity contribution in [3.05, 3.63) is 52.5 Å². The zero-order chi connectivity index (χ0) is 19.6. The van der Waals surface area contributed by atoms with Gasteiger partial charge in [0.05, 0.1) is 5.02 Å². The van der Waals surface area contributed by atoms with Gasteiger partial charge in [0.1, 0.15) is 5.75 Å². The fourth-order valence-corrected chi connectivity index (χ4v) is 2.83. The summed E-state index contributed by atoms with van der Waals surface area (Å²) in [6.45, 7) is 1.89. The van der Waals surface area contributed by atoms with Gasteiger partial charge in [0.2, 0.25) is 5.91 Å². The molecule has 0 aliphatic heterocycles. The van der Waals surface area contributed by atoms with Crippen molar-refractivity contribution >= 4 is 46.4 Å². The molecule has 0 aliphatic carbocycles. The number of carbonyl (C=O) groups excluding carboxylic acids is 2. The van der Waals surface area contributed by atoms with Crippen LogP contribution in [-0.2, 0) is 9.59 Å². The lowest BCUT2D eigenvalue weighted by Gasteiger charge is -2.10. The van der Waals surface area contributed by atoms with Crippen LogP contribution in [0.2, 0.25) is 10.0 Å². The van der Waals surface area contributed by atoms with Crippen LogP contribution < -0.4 is 15.4 Å². The average molecular weight is 409 g/mol. The van der Waals surface area contributed by atoms with Gasteiger partial charge >= 0.3 is 0 Å². The molecule has 0 aromatic heterocycles. The number of anilines is 2. The SMILES string of the molecule is CCCCCC(=O)Nc1cccc(NC(=O)COc2ccc(Cl)cc2Cl)c1. The molecule has 0 unspecified atom stereocenters. The topological polar surface area (TPSA) is 67.4 Å². The minimum Gasteiger partial charge on any atom is -0.482 e. The summed E-state index contributed by atoms with van der Waals surface area (Å²) in [5.41, 5.74) is 1.20. The van der Waals surface area contributed by atoms with E-state index in [2.05, 4.69) is 17.6 Å². The normalized spacial score (nSPS) is 10.3. The zero-order valence-electron chi connectivity index (χ0n) is 15.1. The van der Waals surface area contributed by atoms with E-state index in [1.54, 1.807) is 42.5 Å². The second kappa shape index (κ2) is 10.8. The van der Waals surface area contributed by atoms with Crippen LogP contribution >= 0.6 is 23.2 Å². The summed E-state index contributed by atoms with van der Waals surface area (Å²) in [4.78, 5) is 24.0. The first-order chi connectivity index (χ1) is 13.0. The van der Waals surface area contributed by atoms with Crippen molar-refractivity contribution in [1.29, 1.82) is 0 Å². The predicted molar refractivity (Wildman–Crippen MR) is 110 cm³/mol. The van der Waals surface area contributed by atoms with Crippen LogP contribution in [-0.4, -0.2) is 18.4 Å². The third-order valence-corrected chi connectivity index (χ3v) is 4.22. The van der Waals surface area contributed by atoms with Crippen LogP contribution in [0.4, 0.5) is 11.4 Å². The van der Waals surface area contributed by atoms with Crippen molar-refractivity contribution in [1.82, 2.24) is 0 Å². The van der Waals surface area contributed by atoms with Crippen molar-refractivity contribution in [2.75, 3.05) is 17.2 Å². The summed E-state index contributed by atoms with van der Waals surface area (Å²) in [6, 6.07) is 11.7. The number of benzene rings is 2. The van der Waals surface area contributed by atoms with Gasteiger partial charge in [-0.25, -0.2) is 0 Å². The van der Waals surface area contributed by atoms with Gasteiger partial charge in [0, 0.05) is 22.8 Å². The first-order valence-corrected chi connectivity index (χ1v) is 9.51. The maximum Gasteiger partial charge on any atom is 0.262 e. The molecule has 0 radical (unpaired) electrons. The number of rotatable bonds is 9. The molecule has 0 atom stereocenters. The summed E-state index contributed by atoms with van der Waals surface area (Å²) >= 11 is 11.8. The quantitative estimate of drug-likeness (QED) is 0.535. The second-order valence-electron chi connectivity index (χ2n) is 6.00. The van der Waals surface area contributed by atoms with Gasteiger partial charge in [-0.2, -0.15) is 0 Å². The van der Waals surface area contributed by atoms with Crippen LogP contribution in [0.15, 0.2) is 42.5 Å². The highest BCUT2D eigenvalue weighted by molar-refractivity contribution is 6.35. The molecular weight excluding hydrogens is 387 g/mol. The van der Waals surface area contributed by atoms with Gasteiger partial charge in [-0.3, -0.25) is 9.59 Å². The molecular formula is C20H22Cl2N2O3. The molecule has 27 heavy (non-hydrogen) atoms. The molecule has 0 heterocycles. The molecule has 2 N–H and O–H groups in total. The van der Waals surface area contributed by atoms with Crippen molar-refractivity contribution in [2.45, 2.75) is 32.6 Å². The Labute approximate surface area is 169 Å². The molecule has 2 rings (SSSR count). The number of amides is 2. The monoisotopic (exact) mass is 408 g/mol.